The van der Waals surface area contributed by atoms with E-state index in [0.29, 0.717) is 12.8 Å². The van der Waals surface area contributed by atoms with E-state index in [2.05, 4.69) is 23.5 Å². The number of piperidine rings is 1. The fourth-order valence-corrected chi connectivity index (χ4v) is 2.97. The number of nitrogens with one attached hydrogen (secondary N) is 1. The summed E-state index contributed by atoms with van der Waals surface area (Å²) in [4.78, 5) is 22.8. The van der Waals surface area contributed by atoms with Gasteiger partial charge >= 0.3 is 0 Å². The van der Waals surface area contributed by atoms with Crippen molar-refractivity contribution in [2.75, 3.05) is 0 Å². The molecule has 1 aromatic rings. The fraction of sp³-hybridized carbons (Fsp3) is 0.467. The van der Waals surface area contributed by atoms with Crippen molar-refractivity contribution < 1.29 is 9.59 Å². The van der Waals surface area contributed by atoms with Crippen LogP contribution in [0, 0.1) is 5.92 Å². The average Bonchev–Trinajstić information content (AvgIpc) is 2.80. The van der Waals surface area contributed by atoms with Crippen LogP contribution in [0.25, 0.3) is 0 Å². The summed E-state index contributed by atoms with van der Waals surface area (Å²) in [7, 11) is 0. The van der Waals surface area contributed by atoms with E-state index < -0.39 is 0 Å². The second-order valence-electron chi connectivity index (χ2n) is 5.31. The predicted molar refractivity (Wildman–Crippen MR) is 68.0 cm³/mol. The van der Waals surface area contributed by atoms with Crippen LogP contribution in [0.5, 0.6) is 0 Å². The van der Waals surface area contributed by atoms with Crippen LogP contribution in [0.2, 0.25) is 0 Å². The lowest BCUT2D eigenvalue weighted by Crippen LogP contribution is -2.41. The SMILES string of the molecule is O=C1CCC(Cc2ccc3c(c2)CCC3)C(=O)N1. The lowest BCUT2D eigenvalue weighted by atomic mass is 9.90. The Balaban J connectivity index is 1.73. The molecule has 2 amide bonds. The Morgan fingerprint density at radius 3 is 2.78 bits per heavy atom. The molecule has 1 aliphatic carbocycles. The molecule has 0 bridgehead atoms. The molecule has 1 aromatic carbocycles. The van der Waals surface area contributed by atoms with Gasteiger partial charge in [-0.1, -0.05) is 18.2 Å². The fourth-order valence-electron chi connectivity index (χ4n) is 2.97. The maximum atomic E-state index is 11.7. The third kappa shape index (κ3) is 2.17. The Labute approximate surface area is 107 Å². The quantitative estimate of drug-likeness (QED) is 0.805. The minimum absolute atomic E-state index is 0.0397. The largest absolute Gasteiger partial charge is 0.296 e. The van der Waals surface area contributed by atoms with E-state index in [0.717, 1.165) is 6.42 Å². The number of amides is 2. The van der Waals surface area contributed by atoms with Gasteiger partial charge in [-0.15, -0.1) is 0 Å². The summed E-state index contributed by atoms with van der Waals surface area (Å²) in [5.41, 5.74) is 4.13. The van der Waals surface area contributed by atoms with E-state index >= 15 is 0 Å². The molecule has 1 N–H and O–H groups in total. The van der Waals surface area contributed by atoms with E-state index in [-0.39, 0.29) is 17.7 Å². The Hall–Kier alpha value is -1.64. The van der Waals surface area contributed by atoms with Gasteiger partial charge in [0.05, 0.1) is 0 Å². The van der Waals surface area contributed by atoms with Crippen LogP contribution in [0.3, 0.4) is 0 Å². The number of rotatable bonds is 2. The van der Waals surface area contributed by atoms with Crippen LogP contribution in [-0.2, 0) is 28.9 Å². The van der Waals surface area contributed by atoms with Gasteiger partial charge < -0.3 is 0 Å². The second-order valence-corrected chi connectivity index (χ2v) is 5.31. The van der Waals surface area contributed by atoms with Crippen LogP contribution >= 0.6 is 0 Å². The first-order chi connectivity index (χ1) is 8.72. The second kappa shape index (κ2) is 4.56. The van der Waals surface area contributed by atoms with E-state index in [1.165, 1.54) is 36.0 Å². The molecule has 2 aliphatic rings. The molecule has 3 rings (SSSR count). The van der Waals surface area contributed by atoms with Gasteiger partial charge in [0.2, 0.25) is 11.8 Å². The number of carbonyl (C=O) groups is 2. The highest BCUT2D eigenvalue weighted by atomic mass is 16.2. The number of carbonyl (C=O) groups excluding carboxylic acids is 2. The summed E-state index contributed by atoms with van der Waals surface area (Å²) >= 11 is 0. The van der Waals surface area contributed by atoms with Crippen LogP contribution in [0.1, 0.15) is 36.0 Å². The van der Waals surface area contributed by atoms with Crippen molar-refractivity contribution in [3.63, 3.8) is 0 Å². The lowest BCUT2D eigenvalue weighted by Gasteiger charge is -2.20. The predicted octanol–water partition coefficient (Wildman–Crippen LogP) is 1.77. The number of fused-ring (bicyclic) bond motifs is 1. The number of imide groups is 1. The maximum Gasteiger partial charge on any atom is 0.230 e. The zero-order chi connectivity index (χ0) is 12.5. The van der Waals surface area contributed by atoms with E-state index in [9.17, 15) is 9.59 Å². The molecular weight excluding hydrogens is 226 g/mol. The van der Waals surface area contributed by atoms with Gasteiger partial charge in [0, 0.05) is 12.3 Å². The van der Waals surface area contributed by atoms with Crippen LogP contribution in [0.15, 0.2) is 18.2 Å². The zero-order valence-corrected chi connectivity index (χ0v) is 10.4. The van der Waals surface area contributed by atoms with Gasteiger partial charge in [0.25, 0.3) is 0 Å². The minimum Gasteiger partial charge on any atom is -0.296 e. The van der Waals surface area contributed by atoms with Gasteiger partial charge in [0.1, 0.15) is 0 Å². The summed E-state index contributed by atoms with van der Waals surface area (Å²) in [6.45, 7) is 0. The van der Waals surface area contributed by atoms with Crippen molar-refractivity contribution in [3.8, 4) is 0 Å². The Bertz CT molecular complexity index is 507. The van der Waals surface area contributed by atoms with Crippen molar-refractivity contribution in [1.29, 1.82) is 0 Å². The number of hydrogen-bond acceptors (Lipinski definition) is 2. The zero-order valence-electron chi connectivity index (χ0n) is 10.4. The summed E-state index contributed by atoms with van der Waals surface area (Å²) in [5, 5.41) is 2.42. The number of aryl methyl sites for hydroxylation is 2. The van der Waals surface area contributed by atoms with Crippen molar-refractivity contribution in [1.82, 2.24) is 5.32 Å². The summed E-state index contributed by atoms with van der Waals surface area (Å²) in [5.74, 6) is -0.279. The van der Waals surface area contributed by atoms with E-state index in [4.69, 9.17) is 0 Å². The monoisotopic (exact) mass is 243 g/mol. The molecule has 1 saturated heterocycles. The molecule has 1 fully saturated rings. The Kier molecular flexibility index (Phi) is 2.90. The molecule has 1 aliphatic heterocycles. The molecule has 1 atom stereocenters. The lowest BCUT2D eigenvalue weighted by molar-refractivity contribution is -0.136. The molecule has 18 heavy (non-hydrogen) atoms. The van der Waals surface area contributed by atoms with Crippen molar-refractivity contribution in [2.24, 2.45) is 5.92 Å². The standard InChI is InChI=1S/C15H17NO2/c17-14-7-6-13(15(18)16-14)9-10-4-5-11-2-1-3-12(11)8-10/h4-5,8,13H,1-3,6-7,9H2,(H,16,17,18). The van der Waals surface area contributed by atoms with E-state index in [1.54, 1.807) is 0 Å². The highest BCUT2D eigenvalue weighted by molar-refractivity contribution is 5.98. The number of hydrogen-bond donors (Lipinski definition) is 1. The molecule has 0 radical (unpaired) electrons. The average molecular weight is 243 g/mol. The topological polar surface area (TPSA) is 46.2 Å². The smallest absolute Gasteiger partial charge is 0.230 e. The normalized spacial score (nSPS) is 22.8. The van der Waals surface area contributed by atoms with Crippen molar-refractivity contribution in [3.05, 3.63) is 34.9 Å². The Morgan fingerprint density at radius 2 is 1.94 bits per heavy atom. The first-order valence-electron chi connectivity index (χ1n) is 6.67. The number of benzene rings is 1. The van der Waals surface area contributed by atoms with Gasteiger partial charge in [-0.25, -0.2) is 0 Å². The van der Waals surface area contributed by atoms with Crippen molar-refractivity contribution in [2.45, 2.75) is 38.5 Å². The van der Waals surface area contributed by atoms with Gasteiger partial charge in [-0.3, -0.25) is 14.9 Å². The summed E-state index contributed by atoms with van der Waals surface area (Å²) in [6, 6.07) is 6.57. The van der Waals surface area contributed by atoms with Crippen LogP contribution < -0.4 is 5.32 Å². The molecule has 1 unspecified atom stereocenters. The molecule has 3 nitrogen and oxygen atoms in total. The third-order valence-corrected chi connectivity index (χ3v) is 4.00. The molecule has 0 saturated carbocycles. The Morgan fingerprint density at radius 1 is 1.11 bits per heavy atom. The molecule has 94 valence electrons. The molecule has 1 heterocycles. The molecular formula is C15H17NO2. The highest BCUT2D eigenvalue weighted by Gasteiger charge is 2.26. The summed E-state index contributed by atoms with van der Waals surface area (Å²) in [6.07, 6.45) is 5.51. The molecule has 0 spiro atoms. The van der Waals surface area contributed by atoms with E-state index in [1.807, 2.05) is 0 Å². The molecule has 3 heteroatoms. The van der Waals surface area contributed by atoms with Gasteiger partial charge in [0.15, 0.2) is 0 Å². The highest BCUT2D eigenvalue weighted by Crippen LogP contribution is 2.25. The third-order valence-electron chi connectivity index (χ3n) is 4.00. The first-order valence-corrected chi connectivity index (χ1v) is 6.67. The van der Waals surface area contributed by atoms with Crippen molar-refractivity contribution >= 4 is 11.8 Å². The maximum absolute atomic E-state index is 11.7. The minimum atomic E-state index is -0.134. The van der Waals surface area contributed by atoms with Gasteiger partial charge in [-0.05, 0) is 48.8 Å². The summed E-state index contributed by atoms with van der Waals surface area (Å²) < 4.78 is 0. The molecule has 0 aromatic heterocycles. The first kappa shape index (κ1) is 11.5. The van der Waals surface area contributed by atoms with Crippen LogP contribution in [0.4, 0.5) is 0 Å². The van der Waals surface area contributed by atoms with Crippen LogP contribution in [-0.4, -0.2) is 11.8 Å². The van der Waals surface area contributed by atoms with Gasteiger partial charge in [-0.2, -0.15) is 0 Å².